The topological polar surface area (TPSA) is 59.8 Å². The van der Waals surface area contributed by atoms with Gasteiger partial charge in [-0.3, -0.25) is 9.56 Å². The summed E-state index contributed by atoms with van der Waals surface area (Å²) in [4.78, 5) is 19.6. The maximum absolute atomic E-state index is 5.11. The molecule has 0 atom stereocenters. The lowest BCUT2D eigenvalue weighted by Gasteiger charge is -2.20. The van der Waals surface area contributed by atoms with Gasteiger partial charge < -0.3 is 4.57 Å². The van der Waals surface area contributed by atoms with Gasteiger partial charge in [-0.25, -0.2) is 15.0 Å². The van der Waals surface area contributed by atoms with Crippen LogP contribution in [0.15, 0.2) is 197 Å². The quantitative estimate of drug-likeness (QED) is 0.111. The molecule has 0 radical (unpaired) electrons. The van der Waals surface area contributed by atoms with Crippen LogP contribution in [0.5, 0.6) is 0 Å². The fourth-order valence-corrected chi connectivity index (χ4v) is 9.35. The standard InChI is InChI=1S/C57H44N6/c1-58-56(41-20-9-4-10-21-41)61-57(60-37-39-16-5-2-6-17-39)44-23-15-22-42(34-44)43-28-31-49-47-24-11-13-26-51(47)62(53(49)35-43)46-30-32-50-48-25-12-14-27-52(48)63(54(50)36-46)55-33-29-45(38-59-55)40-18-7-3-8-19-40/h2-13,15-26,28-29,31,33-36,38H,1,14,27,30,32,37H2. The summed E-state index contributed by atoms with van der Waals surface area (Å²) in [5.74, 6) is 2.10. The molecule has 0 saturated carbocycles. The van der Waals surface area contributed by atoms with Crippen molar-refractivity contribution in [2.45, 2.75) is 32.2 Å². The molecule has 6 nitrogen and oxygen atoms in total. The first-order valence-electron chi connectivity index (χ1n) is 21.7. The number of benzene rings is 6. The van der Waals surface area contributed by atoms with Gasteiger partial charge in [0, 0.05) is 45.1 Å². The minimum Gasteiger partial charge on any atom is -0.313 e. The summed E-state index contributed by atoms with van der Waals surface area (Å²) in [5, 5.41) is 2.47. The smallest absolute Gasteiger partial charge is 0.161 e. The number of rotatable bonds is 8. The second-order valence-electron chi connectivity index (χ2n) is 16.2. The second kappa shape index (κ2) is 16.5. The zero-order chi connectivity index (χ0) is 42.1. The van der Waals surface area contributed by atoms with E-state index in [2.05, 4.69) is 160 Å². The molecule has 0 fully saturated rings. The van der Waals surface area contributed by atoms with Crippen molar-refractivity contribution in [3.63, 3.8) is 0 Å². The number of pyridine rings is 1. The van der Waals surface area contributed by atoms with Crippen LogP contribution in [0.3, 0.4) is 0 Å². The van der Waals surface area contributed by atoms with Gasteiger partial charge in [-0.1, -0.05) is 152 Å². The Morgan fingerprint density at radius 3 is 2.11 bits per heavy atom. The van der Waals surface area contributed by atoms with Crippen LogP contribution in [0.2, 0.25) is 0 Å². The van der Waals surface area contributed by atoms with Crippen LogP contribution in [-0.4, -0.2) is 32.5 Å². The third kappa shape index (κ3) is 7.15. The summed E-state index contributed by atoms with van der Waals surface area (Å²) < 4.78 is 4.93. The fraction of sp³-hybridized carbons (Fsp3) is 0.0877. The molecule has 0 spiro atoms. The minimum absolute atomic E-state index is 0.490. The van der Waals surface area contributed by atoms with Gasteiger partial charge in [0.2, 0.25) is 0 Å². The molecule has 11 rings (SSSR count). The molecular formula is C57H44N6. The Bertz CT molecular complexity index is 3290. The number of hydrogen-bond donors (Lipinski definition) is 0. The lowest BCUT2D eigenvalue weighted by atomic mass is 9.94. The third-order valence-electron chi connectivity index (χ3n) is 12.4. The first-order valence-corrected chi connectivity index (χ1v) is 21.7. The molecule has 0 bridgehead atoms. The Balaban J connectivity index is 1.02. The second-order valence-corrected chi connectivity index (χ2v) is 16.2. The number of hydrogen-bond acceptors (Lipinski definition) is 2. The summed E-state index contributed by atoms with van der Waals surface area (Å²) in [6.07, 6.45) is 13.0. The molecular weight excluding hydrogens is 769 g/mol. The van der Waals surface area contributed by atoms with Crippen LogP contribution in [0.25, 0.3) is 67.7 Å². The molecule has 6 aromatic carbocycles. The highest BCUT2D eigenvalue weighted by Crippen LogP contribution is 2.42. The Morgan fingerprint density at radius 2 is 1.30 bits per heavy atom. The van der Waals surface area contributed by atoms with Crippen LogP contribution in [0, 0.1) is 0 Å². The average Bonchev–Trinajstić information content (AvgIpc) is 3.87. The van der Waals surface area contributed by atoms with E-state index in [-0.39, 0.29) is 0 Å². The number of amidine groups is 2. The van der Waals surface area contributed by atoms with Gasteiger partial charge in [0.05, 0.1) is 23.3 Å². The third-order valence-corrected chi connectivity index (χ3v) is 12.4. The molecule has 0 N–H and O–H groups in total. The average molecular weight is 813 g/mol. The molecule has 0 unspecified atom stereocenters. The van der Waals surface area contributed by atoms with Crippen LogP contribution in [0.1, 0.15) is 52.0 Å². The van der Waals surface area contributed by atoms with Crippen LogP contribution >= 0.6 is 0 Å². The van der Waals surface area contributed by atoms with Gasteiger partial charge in [-0.15, -0.1) is 0 Å². The van der Waals surface area contributed by atoms with E-state index in [9.17, 15) is 0 Å². The number of nitrogens with zero attached hydrogens (tertiary/aromatic N) is 6. The summed E-state index contributed by atoms with van der Waals surface area (Å²) in [7, 11) is 0. The zero-order valence-electron chi connectivity index (χ0n) is 34.9. The monoisotopic (exact) mass is 812 g/mol. The maximum Gasteiger partial charge on any atom is 0.161 e. The predicted molar refractivity (Wildman–Crippen MR) is 263 cm³/mol. The molecule has 3 aromatic heterocycles. The van der Waals surface area contributed by atoms with Crippen molar-refractivity contribution in [1.82, 2.24) is 14.1 Å². The maximum atomic E-state index is 5.11. The van der Waals surface area contributed by atoms with Crippen LogP contribution in [0.4, 0.5) is 0 Å². The van der Waals surface area contributed by atoms with E-state index in [4.69, 9.17) is 15.0 Å². The summed E-state index contributed by atoms with van der Waals surface area (Å²) in [6.45, 7) is 4.36. The van der Waals surface area contributed by atoms with E-state index >= 15 is 0 Å². The number of para-hydroxylation sites is 1. The molecule has 0 saturated heterocycles. The highest BCUT2D eigenvalue weighted by atomic mass is 15.1. The fourth-order valence-electron chi connectivity index (χ4n) is 9.35. The van der Waals surface area contributed by atoms with E-state index in [1.54, 1.807) is 0 Å². The normalized spacial score (nSPS) is 13.8. The number of fused-ring (bicyclic) bond motifs is 6. The van der Waals surface area contributed by atoms with Crippen molar-refractivity contribution < 1.29 is 0 Å². The summed E-state index contributed by atoms with van der Waals surface area (Å²) >= 11 is 0. The Kier molecular flexibility index (Phi) is 9.94. The van der Waals surface area contributed by atoms with Gasteiger partial charge in [0.25, 0.3) is 0 Å². The minimum atomic E-state index is 0.490. The van der Waals surface area contributed by atoms with Crippen LogP contribution in [-0.2, 0) is 19.4 Å². The number of aromatic nitrogens is 3. The summed E-state index contributed by atoms with van der Waals surface area (Å²) in [5.41, 5.74) is 16.4. The Labute approximate surface area is 367 Å². The first kappa shape index (κ1) is 38.0. The molecule has 9 aromatic rings. The molecule has 3 heterocycles. The van der Waals surface area contributed by atoms with Gasteiger partial charge in [0.15, 0.2) is 11.7 Å². The van der Waals surface area contributed by atoms with Crippen molar-refractivity contribution in [2.24, 2.45) is 15.0 Å². The highest BCUT2D eigenvalue weighted by Gasteiger charge is 2.27. The highest BCUT2D eigenvalue weighted by molar-refractivity contribution is 6.14. The molecule has 0 aliphatic heterocycles. The lowest BCUT2D eigenvalue weighted by Crippen LogP contribution is -2.09. The lowest BCUT2D eigenvalue weighted by molar-refractivity contribution is 0.848. The molecule has 6 heteroatoms. The molecule has 63 heavy (non-hydrogen) atoms. The van der Waals surface area contributed by atoms with Crippen molar-refractivity contribution in [3.8, 4) is 28.1 Å². The zero-order valence-corrected chi connectivity index (χ0v) is 34.9. The molecule has 2 aliphatic carbocycles. The van der Waals surface area contributed by atoms with E-state index in [1.165, 1.54) is 55.6 Å². The SMILES string of the molecule is C=NC(=NC(=NCc1ccccc1)c1cccc(-c2ccc3c4ccccc4n(C4=Cc5c(c6c(n5-c5ccc(-c7ccccc7)cn5)CCC=C6)CC4)c3c2)c1)c1ccccc1. The Morgan fingerprint density at radius 1 is 0.587 bits per heavy atom. The van der Waals surface area contributed by atoms with E-state index in [0.717, 1.165) is 64.9 Å². The predicted octanol–water partition coefficient (Wildman–Crippen LogP) is 13.3. The molecule has 302 valence electrons. The van der Waals surface area contributed by atoms with Gasteiger partial charge in [-0.05, 0) is 102 Å². The largest absolute Gasteiger partial charge is 0.313 e. The van der Waals surface area contributed by atoms with Crippen molar-refractivity contribution in [1.29, 1.82) is 0 Å². The number of aliphatic imine (C=N–C) groups is 3. The van der Waals surface area contributed by atoms with Crippen molar-refractivity contribution >= 4 is 58.0 Å². The molecule has 0 amide bonds. The molecule has 2 aliphatic rings. The first-order chi connectivity index (χ1) is 31.2. The van der Waals surface area contributed by atoms with Gasteiger partial charge >= 0.3 is 0 Å². The van der Waals surface area contributed by atoms with Gasteiger partial charge in [-0.2, -0.15) is 0 Å². The van der Waals surface area contributed by atoms with Crippen molar-refractivity contribution in [3.05, 3.63) is 221 Å². The van der Waals surface area contributed by atoms with E-state index in [0.29, 0.717) is 18.2 Å². The summed E-state index contributed by atoms with van der Waals surface area (Å²) in [6, 6.07) is 59.3. The number of allylic oxidation sites excluding steroid dienone is 2. The Hall–Kier alpha value is -7.96. The van der Waals surface area contributed by atoms with E-state index in [1.807, 2.05) is 54.7 Å². The van der Waals surface area contributed by atoms with E-state index < -0.39 is 0 Å². The van der Waals surface area contributed by atoms with Crippen LogP contribution < -0.4 is 0 Å². The van der Waals surface area contributed by atoms with Gasteiger partial charge in [0.1, 0.15) is 5.82 Å². The van der Waals surface area contributed by atoms with Crippen molar-refractivity contribution in [2.75, 3.05) is 0 Å².